The third kappa shape index (κ3) is 4.50. The van der Waals surface area contributed by atoms with Crippen molar-refractivity contribution in [3.63, 3.8) is 0 Å². The lowest BCUT2D eigenvalue weighted by Crippen LogP contribution is -2.52. The molecule has 2 atom stereocenters. The second-order valence-electron chi connectivity index (χ2n) is 7.26. The molecule has 1 unspecified atom stereocenters. The molecule has 0 spiro atoms. The average molecular weight is 465 g/mol. The number of hydrogen-bond acceptors (Lipinski definition) is 8. The van der Waals surface area contributed by atoms with Crippen LogP contribution in [0.5, 0.6) is 0 Å². The van der Waals surface area contributed by atoms with E-state index < -0.39 is 17.8 Å². The van der Waals surface area contributed by atoms with Gasteiger partial charge in [0, 0.05) is 54.1 Å². The summed E-state index contributed by atoms with van der Waals surface area (Å²) < 4.78 is 24.1. The monoisotopic (exact) mass is 464 g/mol. The van der Waals surface area contributed by atoms with E-state index in [1.54, 1.807) is 19.4 Å². The number of amidine groups is 1. The van der Waals surface area contributed by atoms with Crippen LogP contribution in [-0.4, -0.2) is 61.6 Å². The fourth-order valence-electron chi connectivity index (χ4n) is 3.75. The predicted molar refractivity (Wildman–Crippen MR) is 117 cm³/mol. The standard InChI is InChI=1S/C21H22ClFN4O3S/c1-29-11-13-5-7-27(13)10-16-17(21(28)30-2)18(14-4-3-12(23)9-15(14)22)26-19(25-16)20-24-6-8-31-20/h3-4,6,8-9,13,18H,5,7,10-11H2,1-2H3,(H,25,26)/t13?,18-/m0/s1. The molecule has 0 saturated carbocycles. The minimum absolute atomic E-state index is 0.191. The van der Waals surface area contributed by atoms with Crippen LogP contribution in [0.25, 0.3) is 0 Å². The first-order valence-corrected chi connectivity index (χ1v) is 11.0. The SMILES string of the molecule is COCC1CCN1CC1=C(C(=O)OC)[C@H](c2ccc(F)cc2Cl)N=C(c2nccs2)N1. The molecule has 10 heteroatoms. The summed E-state index contributed by atoms with van der Waals surface area (Å²) >= 11 is 7.79. The third-order valence-corrected chi connectivity index (χ3v) is 6.52. The van der Waals surface area contributed by atoms with Gasteiger partial charge in [0.25, 0.3) is 0 Å². The average Bonchev–Trinajstić information content (AvgIpc) is 3.29. The van der Waals surface area contributed by atoms with Crippen molar-refractivity contribution in [1.82, 2.24) is 15.2 Å². The Morgan fingerprint density at radius 1 is 1.42 bits per heavy atom. The summed E-state index contributed by atoms with van der Waals surface area (Å²) in [6.45, 7) is 1.99. The summed E-state index contributed by atoms with van der Waals surface area (Å²) in [5, 5.41) is 6.01. The Bertz CT molecular complexity index is 1030. The molecule has 1 aromatic heterocycles. The van der Waals surface area contributed by atoms with Crippen molar-refractivity contribution in [2.45, 2.75) is 18.5 Å². The van der Waals surface area contributed by atoms with E-state index in [2.05, 4.69) is 15.2 Å². The van der Waals surface area contributed by atoms with Gasteiger partial charge in [0.2, 0.25) is 0 Å². The van der Waals surface area contributed by atoms with Gasteiger partial charge in [-0.3, -0.25) is 9.89 Å². The first-order valence-electron chi connectivity index (χ1n) is 9.75. The molecule has 1 fully saturated rings. The fourth-order valence-corrected chi connectivity index (χ4v) is 4.61. The van der Waals surface area contributed by atoms with Gasteiger partial charge in [0.05, 0.1) is 19.3 Å². The van der Waals surface area contributed by atoms with E-state index in [4.69, 9.17) is 26.1 Å². The number of nitrogens with zero attached hydrogens (tertiary/aromatic N) is 3. The number of rotatable bonds is 7. The van der Waals surface area contributed by atoms with Crippen LogP contribution in [0.15, 0.2) is 46.0 Å². The van der Waals surface area contributed by atoms with E-state index in [0.717, 1.165) is 13.0 Å². The van der Waals surface area contributed by atoms with Gasteiger partial charge in [-0.25, -0.2) is 14.2 Å². The Labute approximate surface area is 188 Å². The Hall–Kier alpha value is -2.33. The van der Waals surface area contributed by atoms with Crippen molar-refractivity contribution in [1.29, 1.82) is 0 Å². The summed E-state index contributed by atoms with van der Waals surface area (Å²) in [6.07, 6.45) is 2.71. The van der Waals surface area contributed by atoms with E-state index >= 15 is 0 Å². The van der Waals surface area contributed by atoms with Crippen molar-refractivity contribution >= 4 is 34.7 Å². The van der Waals surface area contributed by atoms with Crippen LogP contribution in [0.1, 0.15) is 23.0 Å². The molecular weight excluding hydrogens is 443 g/mol. The van der Waals surface area contributed by atoms with Gasteiger partial charge in [0.15, 0.2) is 10.8 Å². The molecule has 0 bridgehead atoms. The molecule has 1 N–H and O–H groups in total. The van der Waals surface area contributed by atoms with Gasteiger partial charge in [-0.15, -0.1) is 11.3 Å². The predicted octanol–water partition coefficient (Wildman–Crippen LogP) is 3.17. The van der Waals surface area contributed by atoms with Gasteiger partial charge < -0.3 is 14.8 Å². The van der Waals surface area contributed by atoms with Crippen LogP contribution in [0.3, 0.4) is 0 Å². The van der Waals surface area contributed by atoms with Crippen LogP contribution >= 0.6 is 22.9 Å². The number of esters is 1. The zero-order valence-corrected chi connectivity index (χ0v) is 18.7. The minimum atomic E-state index is -0.752. The molecule has 0 radical (unpaired) electrons. The lowest BCUT2D eigenvalue weighted by Gasteiger charge is -2.42. The number of nitrogens with one attached hydrogen (secondary N) is 1. The lowest BCUT2D eigenvalue weighted by molar-refractivity contribution is -0.136. The van der Waals surface area contributed by atoms with Gasteiger partial charge in [-0.2, -0.15) is 0 Å². The molecule has 2 aliphatic heterocycles. The molecule has 7 nitrogen and oxygen atoms in total. The maximum Gasteiger partial charge on any atom is 0.338 e. The number of carbonyl (C=O) groups excluding carboxylic acids is 1. The van der Waals surface area contributed by atoms with E-state index in [1.165, 1.54) is 30.6 Å². The highest BCUT2D eigenvalue weighted by Crippen LogP contribution is 2.37. The van der Waals surface area contributed by atoms with Crippen molar-refractivity contribution in [3.05, 3.63) is 62.5 Å². The highest BCUT2D eigenvalue weighted by atomic mass is 35.5. The number of halogens is 2. The first kappa shape index (κ1) is 21.9. The van der Waals surface area contributed by atoms with Gasteiger partial charge >= 0.3 is 5.97 Å². The molecule has 2 aliphatic rings. The van der Waals surface area contributed by atoms with Crippen molar-refractivity contribution in [2.75, 3.05) is 33.9 Å². The number of hydrogen-bond donors (Lipinski definition) is 1. The largest absolute Gasteiger partial charge is 0.466 e. The topological polar surface area (TPSA) is 76.0 Å². The molecule has 1 saturated heterocycles. The Morgan fingerprint density at radius 3 is 2.87 bits per heavy atom. The van der Waals surface area contributed by atoms with Crippen LogP contribution in [0.2, 0.25) is 5.02 Å². The highest BCUT2D eigenvalue weighted by molar-refractivity contribution is 7.11. The Balaban J connectivity index is 1.79. The normalized spacial score (nSPS) is 21.4. The van der Waals surface area contributed by atoms with Crippen molar-refractivity contribution in [2.24, 2.45) is 4.99 Å². The minimum Gasteiger partial charge on any atom is -0.466 e. The quantitative estimate of drug-likeness (QED) is 0.634. The molecule has 31 heavy (non-hydrogen) atoms. The number of aliphatic imine (C=N–C) groups is 1. The number of benzene rings is 1. The summed E-state index contributed by atoms with van der Waals surface area (Å²) in [6, 6.07) is 3.59. The Kier molecular flexibility index (Phi) is 6.66. The molecule has 164 valence electrons. The molecule has 1 aromatic carbocycles. The molecule has 0 amide bonds. The number of methoxy groups -OCH3 is 2. The lowest BCUT2D eigenvalue weighted by atomic mass is 9.94. The number of ether oxygens (including phenoxy) is 2. The van der Waals surface area contributed by atoms with Gasteiger partial charge in [-0.1, -0.05) is 17.7 Å². The van der Waals surface area contributed by atoms with E-state index in [-0.39, 0.29) is 11.1 Å². The van der Waals surface area contributed by atoms with E-state index in [9.17, 15) is 9.18 Å². The maximum absolute atomic E-state index is 13.7. The maximum atomic E-state index is 13.7. The highest BCUT2D eigenvalue weighted by Gasteiger charge is 2.36. The van der Waals surface area contributed by atoms with Crippen LogP contribution < -0.4 is 5.32 Å². The van der Waals surface area contributed by atoms with Crippen molar-refractivity contribution < 1.29 is 18.7 Å². The van der Waals surface area contributed by atoms with Gasteiger partial charge in [-0.05, 0) is 18.6 Å². The van der Waals surface area contributed by atoms with Gasteiger partial charge in [0.1, 0.15) is 11.9 Å². The van der Waals surface area contributed by atoms with Crippen molar-refractivity contribution in [3.8, 4) is 0 Å². The first-order chi connectivity index (χ1) is 15.0. The van der Waals surface area contributed by atoms with Crippen LogP contribution in [0, 0.1) is 5.82 Å². The second kappa shape index (κ2) is 9.44. The summed E-state index contributed by atoms with van der Waals surface area (Å²) in [4.78, 5) is 24.2. The van der Waals surface area contributed by atoms with E-state index in [0.29, 0.717) is 40.8 Å². The second-order valence-corrected chi connectivity index (χ2v) is 8.56. The molecule has 2 aromatic rings. The molecule has 0 aliphatic carbocycles. The third-order valence-electron chi connectivity index (χ3n) is 5.41. The summed E-state index contributed by atoms with van der Waals surface area (Å²) in [7, 11) is 3.00. The molecule has 4 rings (SSSR count). The fraction of sp³-hybridized carbons (Fsp3) is 0.381. The summed E-state index contributed by atoms with van der Waals surface area (Å²) in [5.41, 5.74) is 1.53. The Morgan fingerprint density at radius 2 is 2.26 bits per heavy atom. The zero-order valence-electron chi connectivity index (χ0n) is 17.1. The zero-order chi connectivity index (χ0) is 22.0. The number of likely N-dealkylation sites (tertiary alicyclic amines) is 1. The number of thiazole rings is 1. The number of carbonyl (C=O) groups is 1. The molecule has 3 heterocycles. The summed E-state index contributed by atoms with van der Waals surface area (Å²) in [5.74, 6) is -0.441. The van der Waals surface area contributed by atoms with Crippen LogP contribution in [0.4, 0.5) is 4.39 Å². The van der Waals surface area contributed by atoms with Crippen LogP contribution in [-0.2, 0) is 14.3 Å². The van der Waals surface area contributed by atoms with E-state index in [1.807, 2.05) is 5.38 Å². The smallest absolute Gasteiger partial charge is 0.338 e. The molecular formula is C21H22ClFN4O3S. The number of aromatic nitrogens is 1.